The summed E-state index contributed by atoms with van der Waals surface area (Å²) in [4.78, 5) is 0. The van der Waals surface area contributed by atoms with E-state index >= 15 is 0 Å². The molecule has 1 atom stereocenters. The summed E-state index contributed by atoms with van der Waals surface area (Å²) in [6.07, 6.45) is 3.69. The standard InChI is InChI=1S/C14H22OS/c1-11(2)9-12-5-4-6-13(10-12)14(15)7-8-16-3/h4-6,10-11,14-15H,7-9H2,1-3H3. The van der Waals surface area contributed by atoms with Crippen molar-refractivity contribution in [3.05, 3.63) is 35.4 Å². The molecule has 0 saturated carbocycles. The maximum absolute atomic E-state index is 10.00. The van der Waals surface area contributed by atoms with E-state index in [1.165, 1.54) is 5.56 Å². The molecule has 0 aliphatic carbocycles. The third-order valence-corrected chi connectivity index (χ3v) is 3.22. The Labute approximate surface area is 103 Å². The van der Waals surface area contributed by atoms with Gasteiger partial charge in [0.05, 0.1) is 6.10 Å². The van der Waals surface area contributed by atoms with Crippen molar-refractivity contribution in [2.24, 2.45) is 5.92 Å². The molecule has 0 saturated heterocycles. The molecular weight excluding hydrogens is 216 g/mol. The summed E-state index contributed by atoms with van der Waals surface area (Å²) in [6, 6.07) is 8.36. The lowest BCUT2D eigenvalue weighted by Crippen LogP contribution is -2.01. The van der Waals surface area contributed by atoms with Gasteiger partial charge in [-0.25, -0.2) is 0 Å². The zero-order chi connectivity index (χ0) is 12.0. The Kier molecular flexibility index (Phi) is 5.93. The van der Waals surface area contributed by atoms with E-state index in [2.05, 4.69) is 38.3 Å². The molecule has 16 heavy (non-hydrogen) atoms. The monoisotopic (exact) mass is 238 g/mol. The summed E-state index contributed by atoms with van der Waals surface area (Å²) in [7, 11) is 0. The van der Waals surface area contributed by atoms with Gasteiger partial charge in [-0.3, -0.25) is 0 Å². The second kappa shape index (κ2) is 6.97. The lowest BCUT2D eigenvalue weighted by atomic mass is 9.98. The van der Waals surface area contributed by atoms with Crippen LogP contribution in [0.3, 0.4) is 0 Å². The van der Waals surface area contributed by atoms with Crippen molar-refractivity contribution in [2.45, 2.75) is 32.8 Å². The van der Waals surface area contributed by atoms with E-state index in [0.29, 0.717) is 5.92 Å². The molecule has 0 aliphatic rings. The highest BCUT2D eigenvalue weighted by atomic mass is 32.2. The molecule has 0 bridgehead atoms. The molecule has 0 amide bonds. The third-order valence-electron chi connectivity index (χ3n) is 2.58. The largest absolute Gasteiger partial charge is 0.388 e. The van der Waals surface area contributed by atoms with Crippen LogP contribution in [0, 0.1) is 5.92 Å². The van der Waals surface area contributed by atoms with Crippen LogP contribution in [0.15, 0.2) is 24.3 Å². The minimum absolute atomic E-state index is 0.306. The molecule has 0 aliphatic heterocycles. The van der Waals surface area contributed by atoms with Gasteiger partial charge in [-0.1, -0.05) is 38.1 Å². The minimum Gasteiger partial charge on any atom is -0.388 e. The van der Waals surface area contributed by atoms with Crippen LogP contribution in [-0.4, -0.2) is 17.1 Å². The molecular formula is C14H22OS. The second-order valence-electron chi connectivity index (χ2n) is 4.64. The van der Waals surface area contributed by atoms with Crippen LogP contribution in [0.2, 0.25) is 0 Å². The summed E-state index contributed by atoms with van der Waals surface area (Å²) in [5.74, 6) is 1.67. The Hall–Kier alpha value is -0.470. The van der Waals surface area contributed by atoms with Crippen molar-refractivity contribution in [1.82, 2.24) is 0 Å². The molecule has 1 aromatic carbocycles. The zero-order valence-corrected chi connectivity index (χ0v) is 11.3. The first kappa shape index (κ1) is 13.6. The van der Waals surface area contributed by atoms with Gasteiger partial charge >= 0.3 is 0 Å². The molecule has 1 aromatic rings. The van der Waals surface area contributed by atoms with Crippen LogP contribution >= 0.6 is 11.8 Å². The molecule has 90 valence electrons. The average molecular weight is 238 g/mol. The first-order valence-corrected chi connectivity index (χ1v) is 7.28. The van der Waals surface area contributed by atoms with Crippen LogP contribution in [0.4, 0.5) is 0 Å². The van der Waals surface area contributed by atoms with Crippen LogP contribution in [0.1, 0.15) is 37.5 Å². The van der Waals surface area contributed by atoms with E-state index in [1.807, 2.05) is 6.07 Å². The Morgan fingerprint density at radius 1 is 1.31 bits per heavy atom. The molecule has 0 spiro atoms. The smallest absolute Gasteiger partial charge is 0.0798 e. The van der Waals surface area contributed by atoms with Gasteiger partial charge in [-0.15, -0.1) is 0 Å². The topological polar surface area (TPSA) is 20.2 Å². The highest BCUT2D eigenvalue weighted by molar-refractivity contribution is 7.98. The fourth-order valence-electron chi connectivity index (χ4n) is 1.79. The number of aliphatic hydroxyl groups is 1. The minimum atomic E-state index is -0.306. The van der Waals surface area contributed by atoms with Crippen molar-refractivity contribution in [3.8, 4) is 0 Å². The lowest BCUT2D eigenvalue weighted by Gasteiger charge is -2.12. The van der Waals surface area contributed by atoms with Crippen LogP contribution in [0.25, 0.3) is 0 Å². The number of aliphatic hydroxyl groups excluding tert-OH is 1. The van der Waals surface area contributed by atoms with Gasteiger partial charge in [0.1, 0.15) is 0 Å². The lowest BCUT2D eigenvalue weighted by molar-refractivity contribution is 0.175. The maximum Gasteiger partial charge on any atom is 0.0798 e. The maximum atomic E-state index is 10.00. The highest BCUT2D eigenvalue weighted by Crippen LogP contribution is 2.20. The number of hydrogen-bond acceptors (Lipinski definition) is 2. The van der Waals surface area contributed by atoms with E-state index in [0.717, 1.165) is 24.2 Å². The van der Waals surface area contributed by atoms with Crippen molar-refractivity contribution < 1.29 is 5.11 Å². The Balaban J connectivity index is 2.65. The number of rotatable bonds is 6. The van der Waals surface area contributed by atoms with Crippen molar-refractivity contribution in [2.75, 3.05) is 12.0 Å². The number of thioether (sulfide) groups is 1. The Bertz CT molecular complexity index is 309. The molecule has 0 fully saturated rings. The van der Waals surface area contributed by atoms with Crippen LogP contribution in [0.5, 0.6) is 0 Å². The van der Waals surface area contributed by atoms with Crippen molar-refractivity contribution in [3.63, 3.8) is 0 Å². The molecule has 0 radical (unpaired) electrons. The Morgan fingerprint density at radius 2 is 2.06 bits per heavy atom. The van der Waals surface area contributed by atoms with Gasteiger partial charge in [0, 0.05) is 0 Å². The quantitative estimate of drug-likeness (QED) is 0.816. The van der Waals surface area contributed by atoms with Gasteiger partial charge in [-0.05, 0) is 41.9 Å². The first-order chi connectivity index (χ1) is 7.63. The molecule has 1 rings (SSSR count). The summed E-state index contributed by atoms with van der Waals surface area (Å²) >= 11 is 1.78. The van der Waals surface area contributed by atoms with Crippen molar-refractivity contribution >= 4 is 11.8 Å². The van der Waals surface area contributed by atoms with E-state index in [4.69, 9.17) is 0 Å². The van der Waals surface area contributed by atoms with Gasteiger partial charge < -0.3 is 5.11 Å². The van der Waals surface area contributed by atoms with E-state index < -0.39 is 0 Å². The highest BCUT2D eigenvalue weighted by Gasteiger charge is 2.07. The third kappa shape index (κ3) is 4.58. The fourth-order valence-corrected chi connectivity index (χ4v) is 2.25. The SMILES string of the molecule is CSCCC(O)c1cccc(CC(C)C)c1. The van der Waals surface area contributed by atoms with Gasteiger partial charge in [0.25, 0.3) is 0 Å². The number of benzene rings is 1. The summed E-state index contributed by atoms with van der Waals surface area (Å²) < 4.78 is 0. The molecule has 0 heterocycles. The van der Waals surface area contributed by atoms with Gasteiger partial charge in [-0.2, -0.15) is 11.8 Å². The Morgan fingerprint density at radius 3 is 2.69 bits per heavy atom. The molecule has 1 N–H and O–H groups in total. The molecule has 2 heteroatoms. The predicted molar refractivity (Wildman–Crippen MR) is 72.9 cm³/mol. The summed E-state index contributed by atoms with van der Waals surface area (Å²) in [5.41, 5.74) is 2.39. The van der Waals surface area contributed by atoms with E-state index in [9.17, 15) is 5.11 Å². The fraction of sp³-hybridized carbons (Fsp3) is 0.571. The molecule has 0 aromatic heterocycles. The zero-order valence-electron chi connectivity index (χ0n) is 10.4. The van der Waals surface area contributed by atoms with E-state index in [-0.39, 0.29) is 6.10 Å². The van der Waals surface area contributed by atoms with Crippen LogP contribution < -0.4 is 0 Å². The molecule has 1 nitrogen and oxygen atoms in total. The average Bonchev–Trinajstić information content (AvgIpc) is 2.25. The van der Waals surface area contributed by atoms with Crippen LogP contribution in [-0.2, 0) is 6.42 Å². The normalized spacial score (nSPS) is 13.1. The van der Waals surface area contributed by atoms with Gasteiger partial charge in [0.2, 0.25) is 0 Å². The second-order valence-corrected chi connectivity index (χ2v) is 5.63. The van der Waals surface area contributed by atoms with E-state index in [1.54, 1.807) is 11.8 Å². The van der Waals surface area contributed by atoms with Gasteiger partial charge in [0.15, 0.2) is 0 Å². The van der Waals surface area contributed by atoms with Crippen molar-refractivity contribution in [1.29, 1.82) is 0 Å². The molecule has 1 unspecified atom stereocenters. The number of hydrogen-bond donors (Lipinski definition) is 1. The summed E-state index contributed by atoms with van der Waals surface area (Å²) in [5, 5.41) is 10.00. The summed E-state index contributed by atoms with van der Waals surface area (Å²) in [6.45, 7) is 4.44. The predicted octanol–water partition coefficient (Wildman–Crippen LogP) is 3.67. The first-order valence-electron chi connectivity index (χ1n) is 5.89.